The first-order chi connectivity index (χ1) is 16.6. The minimum absolute atomic E-state index is 0.120. The molecule has 0 bridgehead atoms. The summed E-state index contributed by atoms with van der Waals surface area (Å²) in [5, 5.41) is 7.83. The van der Waals surface area contributed by atoms with Crippen molar-refractivity contribution in [2.45, 2.75) is 33.9 Å². The summed E-state index contributed by atoms with van der Waals surface area (Å²) in [5.74, 6) is 0.123. The summed E-state index contributed by atoms with van der Waals surface area (Å²) in [5.41, 5.74) is -0.124. The number of carbonyl (C=O) groups excluding carboxylic acids is 2. The highest BCUT2D eigenvalue weighted by Crippen LogP contribution is 2.27. The second-order valence-electron chi connectivity index (χ2n) is 9.27. The van der Waals surface area contributed by atoms with Crippen LogP contribution in [0.2, 0.25) is 4.34 Å². The van der Waals surface area contributed by atoms with E-state index in [1.165, 1.54) is 26.7 Å². The van der Waals surface area contributed by atoms with Crippen LogP contribution in [0.3, 0.4) is 0 Å². The number of nitrogens with zero attached hydrogens (tertiary/aromatic N) is 4. The summed E-state index contributed by atoms with van der Waals surface area (Å²) < 4.78 is 8.73. The van der Waals surface area contributed by atoms with Crippen molar-refractivity contribution in [3.63, 3.8) is 0 Å². The number of aromatic nitrogens is 3. The Labute approximate surface area is 212 Å². The Bertz CT molecular complexity index is 1280. The summed E-state index contributed by atoms with van der Waals surface area (Å²) in [6.07, 6.45) is 0. The number of morpholine rings is 1. The zero-order valence-electron chi connectivity index (χ0n) is 19.9. The number of rotatable bonds is 6. The number of carbonyl (C=O) groups is 2. The van der Waals surface area contributed by atoms with Gasteiger partial charge in [-0.15, -0.1) is 11.3 Å². The molecule has 0 saturated carbocycles. The number of thiophene rings is 1. The number of ether oxygens (including phenoxy) is 1. The highest BCUT2D eigenvalue weighted by molar-refractivity contribution is 7.16. The van der Waals surface area contributed by atoms with Crippen molar-refractivity contribution in [1.29, 1.82) is 0 Å². The molecule has 3 aromatic rings. The van der Waals surface area contributed by atoms with Crippen molar-refractivity contribution >= 4 is 40.6 Å². The molecule has 0 aliphatic carbocycles. The van der Waals surface area contributed by atoms with Gasteiger partial charge >= 0.3 is 0 Å². The zero-order chi connectivity index (χ0) is 25.2. The maximum absolute atomic E-state index is 13.2. The van der Waals surface area contributed by atoms with Crippen LogP contribution in [0.4, 0.5) is 5.82 Å². The summed E-state index contributed by atoms with van der Waals surface area (Å²) in [6.45, 7) is 7.73. The molecule has 3 aromatic heterocycles. The predicted molar refractivity (Wildman–Crippen MR) is 136 cm³/mol. The van der Waals surface area contributed by atoms with Crippen LogP contribution in [-0.2, 0) is 22.6 Å². The lowest BCUT2D eigenvalue weighted by molar-refractivity contribution is -0.135. The number of halogens is 1. The van der Waals surface area contributed by atoms with Crippen LogP contribution < -0.4 is 10.9 Å². The molecule has 1 fully saturated rings. The van der Waals surface area contributed by atoms with Crippen LogP contribution >= 0.6 is 22.9 Å². The van der Waals surface area contributed by atoms with E-state index in [1.54, 1.807) is 23.1 Å². The van der Waals surface area contributed by atoms with E-state index in [2.05, 4.69) is 10.4 Å². The second-order valence-corrected chi connectivity index (χ2v) is 11.1. The molecule has 1 saturated heterocycles. The molecule has 0 unspecified atom stereocenters. The number of amides is 1. The van der Waals surface area contributed by atoms with Gasteiger partial charge in [0, 0.05) is 35.5 Å². The predicted octanol–water partition coefficient (Wildman–Crippen LogP) is 3.58. The van der Waals surface area contributed by atoms with Gasteiger partial charge in [0.05, 0.1) is 29.8 Å². The van der Waals surface area contributed by atoms with E-state index in [9.17, 15) is 14.4 Å². The Morgan fingerprint density at radius 1 is 1.17 bits per heavy atom. The third-order valence-corrected chi connectivity index (χ3v) is 6.82. The van der Waals surface area contributed by atoms with Gasteiger partial charge < -0.3 is 15.0 Å². The Morgan fingerprint density at radius 3 is 2.57 bits per heavy atom. The molecule has 0 radical (unpaired) electrons. The van der Waals surface area contributed by atoms with Gasteiger partial charge in [0.2, 0.25) is 5.91 Å². The van der Waals surface area contributed by atoms with E-state index in [4.69, 9.17) is 16.3 Å². The third-order valence-electron chi connectivity index (χ3n) is 5.59. The number of hydrogen-bond acceptors (Lipinski definition) is 7. The van der Waals surface area contributed by atoms with Crippen LogP contribution in [0.1, 0.15) is 30.4 Å². The number of hydrogen-bond donors (Lipinski definition) is 1. The molecular weight excluding hydrogens is 490 g/mol. The van der Waals surface area contributed by atoms with E-state index in [-0.39, 0.29) is 23.9 Å². The van der Waals surface area contributed by atoms with Gasteiger partial charge in [0.1, 0.15) is 18.1 Å². The molecule has 186 valence electrons. The van der Waals surface area contributed by atoms with Gasteiger partial charge in [-0.3, -0.25) is 19.0 Å². The highest BCUT2D eigenvalue weighted by Gasteiger charge is 2.28. The fraction of sp³-hybridized carbons (Fsp3) is 0.417. The highest BCUT2D eigenvalue weighted by atomic mass is 35.5. The molecule has 0 aromatic carbocycles. The van der Waals surface area contributed by atoms with Crippen molar-refractivity contribution in [3.05, 3.63) is 56.0 Å². The first-order valence-corrected chi connectivity index (χ1v) is 12.5. The average molecular weight is 518 g/mol. The van der Waals surface area contributed by atoms with Crippen molar-refractivity contribution in [3.8, 4) is 11.4 Å². The molecule has 9 nitrogen and oxygen atoms in total. The topological polar surface area (TPSA) is 98.5 Å². The minimum atomic E-state index is -0.686. The first kappa shape index (κ1) is 25.2. The zero-order valence-corrected chi connectivity index (χ0v) is 21.5. The molecule has 1 N–H and O–H groups in total. The van der Waals surface area contributed by atoms with Crippen molar-refractivity contribution < 1.29 is 14.3 Å². The first-order valence-electron chi connectivity index (χ1n) is 11.3. The average Bonchev–Trinajstić information content (AvgIpc) is 3.44. The molecule has 4 rings (SSSR count). The summed E-state index contributed by atoms with van der Waals surface area (Å²) in [7, 11) is 0. The quantitative estimate of drug-likeness (QED) is 0.536. The lowest BCUT2D eigenvalue weighted by atomic mass is 9.96. The molecule has 0 spiro atoms. The Hall–Kier alpha value is -2.95. The van der Waals surface area contributed by atoms with Crippen molar-refractivity contribution in [1.82, 2.24) is 19.2 Å². The van der Waals surface area contributed by atoms with E-state index >= 15 is 0 Å². The second kappa shape index (κ2) is 10.3. The van der Waals surface area contributed by atoms with Gasteiger partial charge in [0.15, 0.2) is 0 Å². The van der Waals surface area contributed by atoms with E-state index in [1.807, 2.05) is 32.9 Å². The maximum atomic E-state index is 13.2. The summed E-state index contributed by atoms with van der Waals surface area (Å²) in [4.78, 5) is 41.5. The molecule has 35 heavy (non-hydrogen) atoms. The Morgan fingerprint density at radius 2 is 1.91 bits per heavy atom. The van der Waals surface area contributed by atoms with Crippen LogP contribution in [0.5, 0.6) is 0 Å². The molecule has 0 atom stereocenters. The Balaban J connectivity index is 1.69. The summed E-state index contributed by atoms with van der Waals surface area (Å²) >= 11 is 7.49. The minimum Gasteiger partial charge on any atom is -0.378 e. The molecule has 1 aliphatic rings. The lowest BCUT2D eigenvalue weighted by Gasteiger charge is -2.27. The van der Waals surface area contributed by atoms with Crippen LogP contribution in [0.25, 0.3) is 11.4 Å². The monoisotopic (exact) mass is 517 g/mol. The number of pyridine rings is 1. The molecule has 4 heterocycles. The van der Waals surface area contributed by atoms with Gasteiger partial charge in [-0.2, -0.15) is 9.78 Å². The summed E-state index contributed by atoms with van der Waals surface area (Å²) in [6, 6.07) is 10.2. The fourth-order valence-electron chi connectivity index (χ4n) is 3.68. The molecule has 1 amide bonds. The van der Waals surface area contributed by atoms with Gasteiger partial charge in [-0.25, -0.2) is 0 Å². The van der Waals surface area contributed by atoms with E-state index in [0.717, 1.165) is 4.88 Å². The number of anilines is 1. The largest absolute Gasteiger partial charge is 0.378 e. The lowest BCUT2D eigenvalue weighted by Crippen LogP contribution is -2.43. The van der Waals surface area contributed by atoms with Crippen LogP contribution in [0, 0.1) is 5.41 Å². The third kappa shape index (κ3) is 5.83. The van der Waals surface area contributed by atoms with Gasteiger partial charge in [-0.05, 0) is 18.2 Å². The smallest absolute Gasteiger partial charge is 0.254 e. The standard InChI is InChI=1S/C24H28ClN5O4S/c1-24(2,3)23(33)30-20(26-14-16-7-8-19(25)35-16)13-17(27-30)18-5-4-6-21(31)29(18)15-22(32)28-9-11-34-12-10-28/h4-8,13,26H,9-12,14-15H2,1-3H3. The fourth-order valence-corrected chi connectivity index (χ4v) is 4.71. The maximum Gasteiger partial charge on any atom is 0.254 e. The van der Waals surface area contributed by atoms with Gasteiger partial charge in [-0.1, -0.05) is 38.4 Å². The molecule has 1 aliphatic heterocycles. The van der Waals surface area contributed by atoms with Crippen molar-refractivity contribution in [2.75, 3.05) is 31.6 Å². The Kier molecular flexibility index (Phi) is 7.44. The van der Waals surface area contributed by atoms with E-state index in [0.29, 0.717) is 54.4 Å². The number of nitrogens with one attached hydrogen (secondary N) is 1. The van der Waals surface area contributed by atoms with E-state index < -0.39 is 5.41 Å². The van der Waals surface area contributed by atoms with Crippen molar-refractivity contribution in [2.24, 2.45) is 5.41 Å². The van der Waals surface area contributed by atoms with Crippen LogP contribution in [-0.4, -0.2) is 57.4 Å². The van der Waals surface area contributed by atoms with Gasteiger partial charge in [0.25, 0.3) is 11.5 Å². The SMILES string of the molecule is CC(C)(C)C(=O)n1nc(-c2cccc(=O)n2CC(=O)N2CCOCC2)cc1NCc1ccc(Cl)s1. The normalized spacial score (nSPS) is 14.2. The molecule has 11 heteroatoms. The van der Waals surface area contributed by atoms with Crippen LogP contribution in [0.15, 0.2) is 41.2 Å². The molecular formula is C24H28ClN5O4S.